The van der Waals surface area contributed by atoms with Crippen LogP contribution >= 0.6 is 15.9 Å². The summed E-state index contributed by atoms with van der Waals surface area (Å²) in [5.74, 6) is 0.491. The largest absolute Gasteiger partial charge is 0.489 e. The Morgan fingerprint density at radius 2 is 2.13 bits per heavy atom. The maximum atomic E-state index is 12.4. The molecule has 1 N–H and O–H groups in total. The molecule has 0 spiro atoms. The number of hydrogen-bond donors (Lipinski definition) is 1. The van der Waals surface area contributed by atoms with E-state index in [1.54, 1.807) is 12.1 Å². The van der Waals surface area contributed by atoms with Crippen LogP contribution in [0.15, 0.2) is 53.0 Å². The van der Waals surface area contributed by atoms with E-state index in [1.165, 1.54) is 0 Å². The summed E-state index contributed by atoms with van der Waals surface area (Å²) < 4.78 is 12.3. The van der Waals surface area contributed by atoms with Crippen LogP contribution in [0.25, 0.3) is 0 Å². The van der Waals surface area contributed by atoms with Crippen LogP contribution in [0.5, 0.6) is 5.75 Å². The number of rotatable bonds is 5. The average Bonchev–Trinajstić information content (AvgIpc) is 3.07. The van der Waals surface area contributed by atoms with Crippen LogP contribution in [-0.2, 0) is 4.74 Å². The molecule has 1 aliphatic rings. The summed E-state index contributed by atoms with van der Waals surface area (Å²) in [6.07, 6.45) is 2.24. The zero-order valence-corrected chi connectivity index (χ0v) is 14.2. The van der Waals surface area contributed by atoms with Gasteiger partial charge in [0.1, 0.15) is 12.4 Å². The van der Waals surface area contributed by atoms with Gasteiger partial charge in [-0.2, -0.15) is 0 Å². The third kappa shape index (κ3) is 4.33. The molecule has 1 aliphatic heterocycles. The van der Waals surface area contributed by atoms with Gasteiger partial charge in [-0.15, -0.1) is 0 Å². The molecule has 2 aromatic carbocycles. The van der Waals surface area contributed by atoms with Gasteiger partial charge in [-0.25, -0.2) is 0 Å². The Balaban J connectivity index is 1.68. The lowest BCUT2D eigenvalue weighted by molar-refractivity contribution is 0.0682. The number of nitrogens with one attached hydrogen (secondary N) is 1. The first-order chi connectivity index (χ1) is 11.2. The molecule has 120 valence electrons. The first-order valence-electron chi connectivity index (χ1n) is 7.63. The van der Waals surface area contributed by atoms with Gasteiger partial charge in [0, 0.05) is 16.6 Å². The number of anilines is 1. The van der Waals surface area contributed by atoms with Crippen LogP contribution in [-0.4, -0.2) is 25.2 Å². The summed E-state index contributed by atoms with van der Waals surface area (Å²) in [5, 5.41) is 2.90. The Kier molecular flexibility index (Phi) is 5.31. The van der Waals surface area contributed by atoms with E-state index >= 15 is 0 Å². The van der Waals surface area contributed by atoms with Gasteiger partial charge in [0.2, 0.25) is 0 Å². The van der Waals surface area contributed by atoms with E-state index in [9.17, 15) is 4.79 Å². The van der Waals surface area contributed by atoms with Gasteiger partial charge in [0.05, 0.1) is 11.8 Å². The molecule has 5 heteroatoms. The fourth-order valence-electron chi connectivity index (χ4n) is 2.48. The fourth-order valence-corrected chi connectivity index (χ4v) is 2.88. The molecular formula is C18H18BrNO3. The van der Waals surface area contributed by atoms with Crippen molar-refractivity contribution in [1.82, 2.24) is 0 Å². The average molecular weight is 376 g/mol. The normalized spacial score (nSPS) is 17.0. The maximum absolute atomic E-state index is 12.4. The highest BCUT2D eigenvalue weighted by Crippen LogP contribution is 2.26. The van der Waals surface area contributed by atoms with E-state index in [0.29, 0.717) is 23.6 Å². The summed E-state index contributed by atoms with van der Waals surface area (Å²) in [6.45, 7) is 1.30. The molecule has 1 unspecified atom stereocenters. The number of para-hydroxylation sites is 2. The van der Waals surface area contributed by atoms with E-state index in [-0.39, 0.29) is 12.0 Å². The van der Waals surface area contributed by atoms with Crippen molar-refractivity contribution in [1.29, 1.82) is 0 Å². The summed E-state index contributed by atoms with van der Waals surface area (Å²) in [6, 6.07) is 14.7. The molecule has 0 aromatic heterocycles. The highest BCUT2D eigenvalue weighted by Gasteiger charge is 2.17. The number of carbonyl (C=O) groups excluding carboxylic acids is 1. The first kappa shape index (κ1) is 16.0. The van der Waals surface area contributed by atoms with E-state index in [1.807, 2.05) is 36.4 Å². The second kappa shape index (κ2) is 7.62. The van der Waals surface area contributed by atoms with Crippen molar-refractivity contribution >= 4 is 27.5 Å². The Morgan fingerprint density at radius 1 is 1.26 bits per heavy atom. The summed E-state index contributed by atoms with van der Waals surface area (Å²) in [4.78, 5) is 12.4. The van der Waals surface area contributed by atoms with E-state index in [4.69, 9.17) is 9.47 Å². The number of amides is 1. The highest BCUT2D eigenvalue weighted by atomic mass is 79.9. The van der Waals surface area contributed by atoms with Crippen LogP contribution in [0.2, 0.25) is 0 Å². The zero-order chi connectivity index (χ0) is 16.1. The lowest BCUT2D eigenvalue weighted by Gasteiger charge is -2.15. The summed E-state index contributed by atoms with van der Waals surface area (Å²) in [5.41, 5.74) is 1.25. The third-order valence-corrected chi connectivity index (χ3v) is 4.16. The van der Waals surface area contributed by atoms with E-state index < -0.39 is 0 Å². The molecular weight excluding hydrogens is 358 g/mol. The summed E-state index contributed by atoms with van der Waals surface area (Å²) in [7, 11) is 0. The molecule has 1 saturated heterocycles. The number of halogens is 1. The van der Waals surface area contributed by atoms with Crippen molar-refractivity contribution in [3.8, 4) is 5.75 Å². The molecule has 1 atom stereocenters. The molecule has 3 rings (SSSR count). The highest BCUT2D eigenvalue weighted by molar-refractivity contribution is 9.10. The monoisotopic (exact) mass is 375 g/mol. The van der Waals surface area contributed by atoms with Crippen molar-refractivity contribution in [3.05, 3.63) is 58.6 Å². The van der Waals surface area contributed by atoms with Crippen LogP contribution in [0.4, 0.5) is 5.69 Å². The lowest BCUT2D eigenvalue weighted by atomic mass is 10.2. The van der Waals surface area contributed by atoms with Gasteiger partial charge >= 0.3 is 0 Å². The van der Waals surface area contributed by atoms with Gasteiger partial charge in [0.15, 0.2) is 0 Å². The zero-order valence-electron chi connectivity index (χ0n) is 12.6. The fraction of sp³-hybridized carbons (Fsp3) is 0.278. The van der Waals surface area contributed by atoms with Crippen molar-refractivity contribution in [2.75, 3.05) is 18.5 Å². The molecule has 0 radical (unpaired) electrons. The Labute approximate surface area is 143 Å². The first-order valence-corrected chi connectivity index (χ1v) is 8.42. The molecule has 1 amide bonds. The Bertz CT molecular complexity index is 683. The second-order valence-corrected chi connectivity index (χ2v) is 6.32. The van der Waals surface area contributed by atoms with Gasteiger partial charge in [0.25, 0.3) is 5.91 Å². The van der Waals surface area contributed by atoms with Crippen molar-refractivity contribution < 1.29 is 14.3 Å². The molecule has 1 heterocycles. The number of ether oxygens (including phenoxy) is 2. The second-order valence-electron chi connectivity index (χ2n) is 5.41. The van der Waals surface area contributed by atoms with Crippen molar-refractivity contribution in [2.45, 2.75) is 18.9 Å². The smallest absolute Gasteiger partial charge is 0.255 e. The van der Waals surface area contributed by atoms with Crippen LogP contribution < -0.4 is 10.1 Å². The SMILES string of the molecule is O=C(Nc1ccccc1OCC1CCCO1)c1cccc(Br)c1. The Morgan fingerprint density at radius 3 is 2.91 bits per heavy atom. The minimum Gasteiger partial charge on any atom is -0.489 e. The molecule has 0 saturated carbocycles. The maximum Gasteiger partial charge on any atom is 0.255 e. The van der Waals surface area contributed by atoms with E-state index in [0.717, 1.165) is 23.9 Å². The molecule has 0 aliphatic carbocycles. The number of hydrogen-bond acceptors (Lipinski definition) is 3. The van der Waals surface area contributed by atoms with Gasteiger partial charge < -0.3 is 14.8 Å². The predicted molar refractivity (Wildman–Crippen MR) is 93.0 cm³/mol. The lowest BCUT2D eigenvalue weighted by Crippen LogP contribution is -2.18. The van der Waals surface area contributed by atoms with Crippen LogP contribution in [0, 0.1) is 0 Å². The van der Waals surface area contributed by atoms with Gasteiger partial charge in [-0.05, 0) is 43.2 Å². The molecule has 4 nitrogen and oxygen atoms in total. The standard InChI is InChI=1S/C18H18BrNO3/c19-14-6-3-5-13(11-14)18(21)20-16-8-1-2-9-17(16)23-12-15-7-4-10-22-15/h1-3,5-6,8-9,11,15H,4,7,10,12H2,(H,20,21). The minimum atomic E-state index is -0.167. The van der Waals surface area contributed by atoms with Gasteiger partial charge in [-0.3, -0.25) is 4.79 Å². The number of benzene rings is 2. The van der Waals surface area contributed by atoms with Crippen molar-refractivity contribution in [2.24, 2.45) is 0 Å². The van der Waals surface area contributed by atoms with Gasteiger partial charge in [-0.1, -0.05) is 34.1 Å². The van der Waals surface area contributed by atoms with E-state index in [2.05, 4.69) is 21.2 Å². The molecule has 2 aromatic rings. The van der Waals surface area contributed by atoms with Crippen LogP contribution in [0.1, 0.15) is 23.2 Å². The minimum absolute atomic E-state index is 0.142. The molecule has 1 fully saturated rings. The molecule has 23 heavy (non-hydrogen) atoms. The summed E-state index contributed by atoms with van der Waals surface area (Å²) >= 11 is 3.37. The Hall–Kier alpha value is -1.85. The topological polar surface area (TPSA) is 47.6 Å². The number of carbonyl (C=O) groups is 1. The molecule has 0 bridgehead atoms. The predicted octanol–water partition coefficient (Wildman–Crippen LogP) is 4.26. The van der Waals surface area contributed by atoms with Crippen molar-refractivity contribution in [3.63, 3.8) is 0 Å². The van der Waals surface area contributed by atoms with Crippen LogP contribution in [0.3, 0.4) is 0 Å². The third-order valence-electron chi connectivity index (χ3n) is 3.67. The quantitative estimate of drug-likeness (QED) is 0.848.